The van der Waals surface area contributed by atoms with Gasteiger partial charge >= 0.3 is 0 Å². The van der Waals surface area contributed by atoms with E-state index in [0.717, 1.165) is 23.3 Å². The van der Waals surface area contributed by atoms with E-state index < -0.39 is 0 Å². The van der Waals surface area contributed by atoms with E-state index >= 15 is 0 Å². The average Bonchev–Trinajstić information content (AvgIpc) is 3.16. The van der Waals surface area contributed by atoms with Gasteiger partial charge in [-0.1, -0.05) is 53.6 Å². The van der Waals surface area contributed by atoms with Crippen molar-refractivity contribution >= 4 is 23.3 Å². The Bertz CT molecular complexity index is 1080. The van der Waals surface area contributed by atoms with E-state index in [1.54, 1.807) is 4.68 Å². The number of rotatable bonds is 2. The molecule has 1 aromatic heterocycles. The number of ketones is 1. The zero-order valence-electron chi connectivity index (χ0n) is 15.4. The van der Waals surface area contributed by atoms with E-state index in [9.17, 15) is 4.79 Å². The third-order valence-corrected chi connectivity index (χ3v) is 5.85. The van der Waals surface area contributed by atoms with Crippen molar-refractivity contribution in [3.8, 4) is 0 Å². The Balaban J connectivity index is 1.58. The first-order valence-corrected chi connectivity index (χ1v) is 9.73. The van der Waals surface area contributed by atoms with E-state index in [2.05, 4.69) is 46.6 Å². The highest BCUT2D eigenvalue weighted by molar-refractivity contribution is 6.30. The van der Waals surface area contributed by atoms with Crippen LogP contribution in [0.2, 0.25) is 5.02 Å². The van der Waals surface area contributed by atoms with Crippen molar-refractivity contribution in [1.29, 1.82) is 0 Å². The van der Waals surface area contributed by atoms with Crippen molar-refractivity contribution in [2.45, 2.75) is 31.7 Å². The monoisotopic (exact) mass is 390 g/mol. The molecule has 2 heterocycles. The van der Waals surface area contributed by atoms with Gasteiger partial charge in [0.05, 0.1) is 0 Å². The molecule has 0 spiro atoms. The van der Waals surface area contributed by atoms with Crippen LogP contribution in [0.25, 0.3) is 0 Å². The maximum absolute atomic E-state index is 13.3. The van der Waals surface area contributed by atoms with Gasteiger partial charge in [0.15, 0.2) is 5.78 Å². The second-order valence-electron chi connectivity index (χ2n) is 7.44. The SMILES string of the molecule is Cc1ccc(C2CC(=O)C3=C(C2)Nc2ncnn2C3c2ccc(Cl)cc2)cc1. The smallest absolute Gasteiger partial charge is 0.226 e. The molecule has 0 bridgehead atoms. The van der Waals surface area contributed by atoms with Gasteiger partial charge in [-0.3, -0.25) is 4.79 Å². The van der Waals surface area contributed by atoms with Gasteiger partial charge in [0.2, 0.25) is 5.95 Å². The minimum atomic E-state index is -0.280. The van der Waals surface area contributed by atoms with Gasteiger partial charge in [0.25, 0.3) is 0 Å². The van der Waals surface area contributed by atoms with Crippen molar-refractivity contribution in [2.24, 2.45) is 0 Å². The number of hydrogen-bond acceptors (Lipinski definition) is 4. The summed E-state index contributed by atoms with van der Waals surface area (Å²) in [6.07, 6.45) is 2.80. The third kappa shape index (κ3) is 2.83. The summed E-state index contributed by atoms with van der Waals surface area (Å²) in [5.74, 6) is 0.983. The molecule has 0 fully saturated rings. The third-order valence-electron chi connectivity index (χ3n) is 5.60. The second kappa shape index (κ2) is 6.60. The summed E-state index contributed by atoms with van der Waals surface area (Å²) in [6.45, 7) is 2.07. The maximum atomic E-state index is 13.3. The van der Waals surface area contributed by atoms with Gasteiger partial charge in [-0.05, 0) is 42.5 Å². The van der Waals surface area contributed by atoms with E-state index in [4.69, 9.17) is 11.6 Å². The molecule has 2 aromatic carbocycles. The second-order valence-corrected chi connectivity index (χ2v) is 7.87. The summed E-state index contributed by atoms with van der Waals surface area (Å²) in [7, 11) is 0. The molecule has 5 rings (SSSR count). The topological polar surface area (TPSA) is 59.8 Å². The van der Waals surface area contributed by atoms with Crippen LogP contribution >= 0.6 is 11.6 Å². The van der Waals surface area contributed by atoms with Crippen LogP contribution in [0.3, 0.4) is 0 Å². The molecule has 6 heteroatoms. The molecule has 2 unspecified atom stereocenters. The van der Waals surface area contributed by atoms with Crippen LogP contribution in [-0.2, 0) is 4.79 Å². The minimum Gasteiger partial charge on any atom is -0.328 e. The number of anilines is 1. The largest absolute Gasteiger partial charge is 0.328 e. The molecule has 140 valence electrons. The number of halogens is 1. The molecule has 2 atom stereocenters. The van der Waals surface area contributed by atoms with Crippen LogP contribution in [0.5, 0.6) is 0 Å². The fourth-order valence-corrected chi connectivity index (χ4v) is 4.31. The molecular formula is C22H19ClN4O. The van der Waals surface area contributed by atoms with Crippen molar-refractivity contribution in [3.63, 3.8) is 0 Å². The molecule has 0 amide bonds. The molecule has 0 saturated carbocycles. The molecule has 1 aliphatic heterocycles. The summed E-state index contributed by atoms with van der Waals surface area (Å²) in [6, 6.07) is 15.8. The lowest BCUT2D eigenvalue weighted by atomic mass is 9.78. The maximum Gasteiger partial charge on any atom is 0.226 e. The van der Waals surface area contributed by atoms with Crippen LogP contribution < -0.4 is 5.32 Å². The first-order valence-electron chi connectivity index (χ1n) is 9.35. The normalized spacial score (nSPS) is 21.1. The van der Waals surface area contributed by atoms with E-state index in [0.29, 0.717) is 17.4 Å². The van der Waals surface area contributed by atoms with Gasteiger partial charge < -0.3 is 5.32 Å². The number of nitrogens with one attached hydrogen (secondary N) is 1. The molecule has 0 radical (unpaired) electrons. The lowest BCUT2D eigenvalue weighted by Gasteiger charge is -2.35. The van der Waals surface area contributed by atoms with E-state index in [-0.39, 0.29) is 17.7 Å². The Morgan fingerprint density at radius 3 is 2.50 bits per heavy atom. The summed E-state index contributed by atoms with van der Waals surface area (Å²) < 4.78 is 1.78. The number of allylic oxidation sites excluding steroid dienone is 2. The van der Waals surface area contributed by atoms with Crippen LogP contribution in [-0.4, -0.2) is 20.5 Å². The number of hydrogen-bond donors (Lipinski definition) is 1. The van der Waals surface area contributed by atoms with E-state index in [1.165, 1.54) is 17.5 Å². The number of nitrogens with zero attached hydrogens (tertiary/aromatic N) is 3. The molecule has 3 aromatic rings. The molecule has 28 heavy (non-hydrogen) atoms. The Morgan fingerprint density at radius 1 is 1.04 bits per heavy atom. The first-order chi connectivity index (χ1) is 13.6. The first kappa shape index (κ1) is 17.2. The Kier molecular flexibility index (Phi) is 4.05. The summed E-state index contributed by atoms with van der Waals surface area (Å²) in [5.41, 5.74) is 5.12. The number of aromatic nitrogens is 3. The number of fused-ring (bicyclic) bond motifs is 1. The molecule has 1 aliphatic carbocycles. The Morgan fingerprint density at radius 2 is 1.75 bits per heavy atom. The standard InChI is InChI=1S/C22H19ClN4O/c1-13-2-4-14(5-3-13)16-10-18-20(19(28)11-16)21(15-6-8-17(23)9-7-15)27-22(26-18)24-12-25-27/h2-9,12,16,21H,10-11H2,1H3,(H,24,25,26). The number of carbonyl (C=O) groups is 1. The summed E-state index contributed by atoms with van der Waals surface area (Å²) in [4.78, 5) is 17.6. The van der Waals surface area contributed by atoms with Gasteiger partial charge in [-0.15, -0.1) is 0 Å². The summed E-state index contributed by atoms with van der Waals surface area (Å²) >= 11 is 6.07. The number of Topliss-reactive ketones (excluding diaryl/α,β-unsaturated/α-hetero) is 1. The fraction of sp³-hybridized carbons (Fsp3) is 0.227. The molecule has 2 aliphatic rings. The summed E-state index contributed by atoms with van der Waals surface area (Å²) in [5, 5.41) is 8.39. The predicted molar refractivity (Wildman–Crippen MR) is 108 cm³/mol. The van der Waals surface area contributed by atoms with Crippen LogP contribution in [0.15, 0.2) is 66.1 Å². The molecule has 0 saturated heterocycles. The highest BCUT2D eigenvalue weighted by atomic mass is 35.5. The molecule has 1 N–H and O–H groups in total. The van der Waals surface area contributed by atoms with Crippen molar-refractivity contribution in [1.82, 2.24) is 14.8 Å². The number of carbonyl (C=O) groups excluding carboxylic acids is 1. The van der Waals surface area contributed by atoms with Gasteiger partial charge in [-0.2, -0.15) is 10.1 Å². The number of aryl methyl sites for hydroxylation is 1. The van der Waals surface area contributed by atoms with Crippen molar-refractivity contribution < 1.29 is 4.79 Å². The quantitative estimate of drug-likeness (QED) is 0.691. The molecule has 5 nitrogen and oxygen atoms in total. The number of benzene rings is 2. The molecular weight excluding hydrogens is 372 g/mol. The van der Waals surface area contributed by atoms with Crippen LogP contribution in [0.4, 0.5) is 5.95 Å². The predicted octanol–water partition coefficient (Wildman–Crippen LogP) is 4.66. The van der Waals surface area contributed by atoms with Gasteiger partial charge in [-0.25, -0.2) is 4.68 Å². The lowest BCUT2D eigenvalue weighted by molar-refractivity contribution is -0.116. The van der Waals surface area contributed by atoms with Crippen LogP contribution in [0.1, 0.15) is 41.5 Å². The average molecular weight is 391 g/mol. The Labute approximate surface area is 168 Å². The van der Waals surface area contributed by atoms with Gasteiger partial charge in [0.1, 0.15) is 12.4 Å². The van der Waals surface area contributed by atoms with Crippen molar-refractivity contribution in [3.05, 3.63) is 87.8 Å². The van der Waals surface area contributed by atoms with E-state index in [1.807, 2.05) is 24.3 Å². The highest BCUT2D eigenvalue weighted by Gasteiger charge is 2.39. The fourth-order valence-electron chi connectivity index (χ4n) is 4.18. The lowest BCUT2D eigenvalue weighted by Crippen LogP contribution is -2.33. The minimum absolute atomic E-state index is 0.153. The Hall–Kier alpha value is -2.92. The zero-order chi connectivity index (χ0) is 19.3. The zero-order valence-corrected chi connectivity index (χ0v) is 16.1. The van der Waals surface area contributed by atoms with Crippen molar-refractivity contribution in [2.75, 3.05) is 5.32 Å². The van der Waals surface area contributed by atoms with Gasteiger partial charge in [0, 0.05) is 22.7 Å². The van der Waals surface area contributed by atoms with Crippen LogP contribution in [0, 0.1) is 6.92 Å². The highest BCUT2D eigenvalue weighted by Crippen LogP contribution is 2.43.